The van der Waals surface area contributed by atoms with Crippen molar-refractivity contribution in [1.82, 2.24) is 10.3 Å². The van der Waals surface area contributed by atoms with Gasteiger partial charge in [0.2, 0.25) is 0 Å². The summed E-state index contributed by atoms with van der Waals surface area (Å²) in [4.78, 5) is 15.6. The molecule has 0 radical (unpaired) electrons. The highest BCUT2D eigenvalue weighted by atomic mass is 35.5. The van der Waals surface area contributed by atoms with Crippen molar-refractivity contribution in [3.63, 3.8) is 0 Å². The molecule has 0 saturated heterocycles. The van der Waals surface area contributed by atoms with E-state index in [1.807, 2.05) is 0 Å². The van der Waals surface area contributed by atoms with Crippen molar-refractivity contribution in [2.24, 2.45) is 0 Å². The molecule has 0 fully saturated rings. The van der Waals surface area contributed by atoms with Gasteiger partial charge in [-0.3, -0.25) is 4.79 Å². The van der Waals surface area contributed by atoms with Crippen molar-refractivity contribution >= 4 is 40.9 Å². The number of nitrogens with zero attached hydrogens (tertiary/aromatic N) is 1. The number of nitrogens with one attached hydrogen (secondary N) is 1. The Morgan fingerprint density at radius 3 is 2.88 bits per heavy atom. The van der Waals surface area contributed by atoms with Gasteiger partial charge in [-0.15, -0.1) is 0 Å². The van der Waals surface area contributed by atoms with Crippen molar-refractivity contribution in [1.29, 1.82) is 0 Å². The van der Waals surface area contributed by atoms with E-state index in [4.69, 9.17) is 23.2 Å². The highest BCUT2D eigenvalue weighted by Crippen LogP contribution is 2.16. The highest BCUT2D eigenvalue weighted by molar-refractivity contribution is 7.98. The Morgan fingerprint density at radius 2 is 2.18 bits per heavy atom. The van der Waals surface area contributed by atoms with Crippen LogP contribution in [0.1, 0.15) is 23.3 Å². The van der Waals surface area contributed by atoms with Crippen LogP contribution in [0.3, 0.4) is 0 Å². The average molecular weight is 293 g/mol. The van der Waals surface area contributed by atoms with Gasteiger partial charge in [0.1, 0.15) is 10.8 Å². The molecule has 0 aliphatic carbocycles. The van der Waals surface area contributed by atoms with Crippen LogP contribution < -0.4 is 5.32 Å². The largest absolute Gasteiger partial charge is 0.351 e. The third kappa shape index (κ3) is 5.15. The van der Waals surface area contributed by atoms with Gasteiger partial charge in [-0.1, -0.05) is 23.2 Å². The molecule has 0 aromatic carbocycles. The molecular weight excluding hydrogens is 279 g/mol. The van der Waals surface area contributed by atoms with E-state index in [1.165, 1.54) is 0 Å². The number of carbonyl (C=O) groups is 1. The van der Waals surface area contributed by atoms with E-state index in [0.29, 0.717) is 11.6 Å². The molecule has 0 unspecified atom stereocenters. The van der Waals surface area contributed by atoms with Gasteiger partial charge in [0, 0.05) is 6.54 Å². The number of unbranched alkanes of at least 4 members (excludes halogenated alkanes) is 1. The molecule has 1 amide bonds. The number of hydrogen-bond donors (Lipinski definition) is 1. The third-order valence-corrected chi connectivity index (χ3v) is 3.30. The lowest BCUT2D eigenvalue weighted by Gasteiger charge is -2.05. The Morgan fingerprint density at radius 1 is 1.41 bits per heavy atom. The number of pyridine rings is 1. The summed E-state index contributed by atoms with van der Waals surface area (Å²) in [7, 11) is 0. The molecule has 1 rings (SSSR count). The summed E-state index contributed by atoms with van der Waals surface area (Å²) in [5.74, 6) is 0.827. The zero-order valence-electron chi connectivity index (χ0n) is 9.50. The molecule has 94 valence electrons. The number of rotatable bonds is 6. The van der Waals surface area contributed by atoms with Crippen molar-refractivity contribution in [2.75, 3.05) is 18.6 Å². The Kier molecular flexibility index (Phi) is 6.70. The average Bonchev–Trinajstić information content (AvgIpc) is 2.32. The molecule has 1 aromatic rings. The Hall–Kier alpha value is -0.450. The Labute approximate surface area is 115 Å². The second kappa shape index (κ2) is 7.80. The van der Waals surface area contributed by atoms with Crippen LogP contribution in [0.2, 0.25) is 10.2 Å². The molecule has 1 heterocycles. The number of aromatic nitrogens is 1. The predicted octanol–water partition coefficient (Wildman–Crippen LogP) is 3.26. The SMILES string of the molecule is CSCCCCNC(=O)c1nc(Cl)ccc1Cl. The predicted molar refractivity (Wildman–Crippen MR) is 74.2 cm³/mol. The molecule has 0 aliphatic heterocycles. The lowest BCUT2D eigenvalue weighted by atomic mass is 10.3. The van der Waals surface area contributed by atoms with Crippen LogP contribution >= 0.6 is 35.0 Å². The molecule has 3 nitrogen and oxygen atoms in total. The number of amides is 1. The van der Waals surface area contributed by atoms with Gasteiger partial charge in [0.05, 0.1) is 5.02 Å². The topological polar surface area (TPSA) is 42.0 Å². The summed E-state index contributed by atoms with van der Waals surface area (Å²) in [6.45, 7) is 0.629. The van der Waals surface area contributed by atoms with E-state index in [9.17, 15) is 4.79 Å². The molecule has 17 heavy (non-hydrogen) atoms. The van der Waals surface area contributed by atoms with Gasteiger partial charge in [-0.2, -0.15) is 11.8 Å². The van der Waals surface area contributed by atoms with Crippen LogP contribution in [-0.2, 0) is 0 Å². The van der Waals surface area contributed by atoms with E-state index in [-0.39, 0.29) is 16.8 Å². The van der Waals surface area contributed by atoms with E-state index in [2.05, 4.69) is 16.6 Å². The van der Waals surface area contributed by atoms with Crippen molar-refractivity contribution < 1.29 is 4.79 Å². The number of halogens is 2. The first kappa shape index (κ1) is 14.6. The van der Waals surface area contributed by atoms with Gasteiger partial charge < -0.3 is 5.32 Å². The van der Waals surface area contributed by atoms with Gasteiger partial charge in [0.25, 0.3) is 5.91 Å². The smallest absolute Gasteiger partial charge is 0.271 e. The second-order valence-electron chi connectivity index (χ2n) is 3.42. The summed E-state index contributed by atoms with van der Waals surface area (Å²) in [6.07, 6.45) is 4.09. The van der Waals surface area contributed by atoms with Crippen LogP contribution in [0.15, 0.2) is 12.1 Å². The lowest BCUT2D eigenvalue weighted by molar-refractivity contribution is 0.0948. The quantitative estimate of drug-likeness (QED) is 0.646. The van der Waals surface area contributed by atoms with Crippen molar-refractivity contribution in [3.05, 3.63) is 28.0 Å². The Balaban J connectivity index is 2.44. The van der Waals surface area contributed by atoms with Crippen LogP contribution in [0.25, 0.3) is 0 Å². The van der Waals surface area contributed by atoms with E-state index < -0.39 is 0 Å². The summed E-state index contributed by atoms with van der Waals surface area (Å²) < 4.78 is 0. The highest BCUT2D eigenvalue weighted by Gasteiger charge is 2.11. The maximum Gasteiger partial charge on any atom is 0.271 e. The minimum absolute atomic E-state index is 0.184. The molecule has 0 atom stereocenters. The van der Waals surface area contributed by atoms with E-state index in [1.54, 1.807) is 23.9 Å². The van der Waals surface area contributed by atoms with Gasteiger partial charge >= 0.3 is 0 Å². The van der Waals surface area contributed by atoms with Crippen LogP contribution in [0.5, 0.6) is 0 Å². The zero-order valence-corrected chi connectivity index (χ0v) is 11.8. The van der Waals surface area contributed by atoms with Gasteiger partial charge in [-0.05, 0) is 37.0 Å². The maximum atomic E-state index is 11.7. The van der Waals surface area contributed by atoms with Crippen molar-refractivity contribution in [2.45, 2.75) is 12.8 Å². The number of thioether (sulfide) groups is 1. The van der Waals surface area contributed by atoms with Crippen LogP contribution in [-0.4, -0.2) is 29.4 Å². The third-order valence-electron chi connectivity index (χ3n) is 2.09. The molecule has 0 spiro atoms. The van der Waals surface area contributed by atoms with Gasteiger partial charge in [0.15, 0.2) is 0 Å². The summed E-state index contributed by atoms with van der Waals surface area (Å²) >= 11 is 13.4. The molecule has 1 aromatic heterocycles. The summed E-state index contributed by atoms with van der Waals surface area (Å²) in [6, 6.07) is 3.12. The fourth-order valence-corrected chi connectivity index (χ4v) is 2.07. The normalized spacial score (nSPS) is 10.3. The first-order valence-corrected chi connectivity index (χ1v) is 7.39. The lowest BCUT2D eigenvalue weighted by Crippen LogP contribution is -2.25. The monoisotopic (exact) mass is 292 g/mol. The standard InChI is InChI=1S/C11H14Cl2N2OS/c1-17-7-3-2-6-14-11(16)10-8(12)4-5-9(13)15-10/h4-5H,2-3,6-7H2,1H3,(H,14,16). The molecule has 0 aliphatic rings. The van der Waals surface area contributed by atoms with Gasteiger partial charge in [-0.25, -0.2) is 4.98 Å². The van der Waals surface area contributed by atoms with Crippen LogP contribution in [0.4, 0.5) is 0 Å². The molecule has 0 saturated carbocycles. The minimum atomic E-state index is -0.276. The van der Waals surface area contributed by atoms with E-state index in [0.717, 1.165) is 18.6 Å². The van der Waals surface area contributed by atoms with Crippen molar-refractivity contribution in [3.8, 4) is 0 Å². The van der Waals surface area contributed by atoms with Crippen LogP contribution in [0, 0.1) is 0 Å². The molecule has 1 N–H and O–H groups in total. The minimum Gasteiger partial charge on any atom is -0.351 e. The molecule has 6 heteroatoms. The first-order chi connectivity index (χ1) is 8.15. The second-order valence-corrected chi connectivity index (χ2v) is 5.20. The molecule has 0 bridgehead atoms. The fourth-order valence-electron chi connectivity index (χ4n) is 1.23. The van der Waals surface area contributed by atoms with E-state index >= 15 is 0 Å². The number of carbonyl (C=O) groups excluding carboxylic acids is 1. The molecular formula is C11H14Cl2N2OS. The Bertz CT molecular complexity index is 388. The summed E-state index contributed by atoms with van der Waals surface area (Å²) in [5, 5.41) is 3.35. The summed E-state index contributed by atoms with van der Waals surface area (Å²) in [5.41, 5.74) is 0.184. The first-order valence-electron chi connectivity index (χ1n) is 5.24. The fraction of sp³-hybridized carbons (Fsp3) is 0.455. The number of hydrogen-bond acceptors (Lipinski definition) is 3. The zero-order chi connectivity index (χ0) is 12.7. The maximum absolute atomic E-state index is 11.7.